The third-order valence-corrected chi connectivity index (χ3v) is 2.73. The number of hydrogen-bond donors (Lipinski definition) is 1. The fourth-order valence-electron chi connectivity index (χ4n) is 2.27. The lowest BCUT2D eigenvalue weighted by Gasteiger charge is -2.41. The van der Waals surface area contributed by atoms with Gasteiger partial charge in [0, 0.05) is 5.41 Å². The van der Waals surface area contributed by atoms with E-state index in [1.807, 2.05) is 0 Å². The molecule has 2 rings (SSSR count). The highest BCUT2D eigenvalue weighted by molar-refractivity contribution is 4.97. The van der Waals surface area contributed by atoms with Crippen molar-refractivity contribution in [2.75, 3.05) is 6.61 Å². The molecule has 1 saturated heterocycles. The van der Waals surface area contributed by atoms with Crippen molar-refractivity contribution in [3.8, 4) is 0 Å². The van der Waals surface area contributed by atoms with Gasteiger partial charge in [0.25, 0.3) is 0 Å². The van der Waals surface area contributed by atoms with Gasteiger partial charge in [0.05, 0.1) is 18.8 Å². The van der Waals surface area contributed by atoms with E-state index >= 15 is 0 Å². The summed E-state index contributed by atoms with van der Waals surface area (Å²) in [7, 11) is 0. The summed E-state index contributed by atoms with van der Waals surface area (Å²) in [6.45, 7) is 2.99. The Morgan fingerprint density at radius 1 is 1.40 bits per heavy atom. The molecule has 1 heterocycles. The number of hydrogen-bond acceptors (Lipinski definition) is 2. The molecular formula is C8H14O2. The molecule has 0 aromatic carbocycles. The Morgan fingerprint density at radius 3 is 2.50 bits per heavy atom. The molecule has 2 fully saturated rings. The van der Waals surface area contributed by atoms with E-state index in [-0.39, 0.29) is 6.10 Å². The fraction of sp³-hybridized carbons (Fsp3) is 1.00. The predicted octanol–water partition coefficient (Wildman–Crippen LogP) is 0.936. The largest absolute Gasteiger partial charge is 0.393 e. The van der Waals surface area contributed by atoms with Crippen LogP contribution in [0.2, 0.25) is 0 Å². The van der Waals surface area contributed by atoms with Crippen molar-refractivity contribution in [3.05, 3.63) is 0 Å². The van der Waals surface area contributed by atoms with Gasteiger partial charge in [-0.05, 0) is 26.2 Å². The zero-order chi connectivity index (χ0) is 7.19. The fourth-order valence-corrected chi connectivity index (χ4v) is 2.27. The van der Waals surface area contributed by atoms with Crippen LogP contribution in [0.15, 0.2) is 0 Å². The highest BCUT2D eigenvalue weighted by atomic mass is 16.5. The van der Waals surface area contributed by atoms with E-state index in [9.17, 15) is 0 Å². The van der Waals surface area contributed by atoms with Crippen LogP contribution < -0.4 is 0 Å². The third-order valence-electron chi connectivity index (χ3n) is 2.73. The van der Waals surface area contributed by atoms with Crippen LogP contribution in [-0.2, 0) is 4.74 Å². The van der Waals surface area contributed by atoms with Crippen LogP contribution >= 0.6 is 0 Å². The Labute approximate surface area is 61.2 Å². The maximum atomic E-state index is 9.10. The molecular weight excluding hydrogens is 128 g/mol. The second-order valence-corrected chi connectivity index (χ2v) is 3.89. The van der Waals surface area contributed by atoms with Gasteiger partial charge in [-0.3, -0.25) is 0 Å². The molecule has 0 aromatic rings. The first-order valence-electron chi connectivity index (χ1n) is 4.00. The molecule has 1 aliphatic heterocycles. The van der Waals surface area contributed by atoms with E-state index in [4.69, 9.17) is 9.84 Å². The molecule has 1 saturated carbocycles. The highest BCUT2D eigenvalue weighted by Crippen LogP contribution is 2.49. The van der Waals surface area contributed by atoms with Gasteiger partial charge in [0.15, 0.2) is 0 Å². The molecule has 0 radical (unpaired) electrons. The molecule has 2 heteroatoms. The molecule has 0 aromatic heterocycles. The summed E-state index contributed by atoms with van der Waals surface area (Å²) in [5, 5.41) is 9.10. The van der Waals surface area contributed by atoms with Crippen LogP contribution in [-0.4, -0.2) is 23.9 Å². The third kappa shape index (κ3) is 0.867. The monoisotopic (exact) mass is 142 g/mol. The summed E-state index contributed by atoms with van der Waals surface area (Å²) in [6, 6.07) is 0. The van der Waals surface area contributed by atoms with Crippen LogP contribution in [0.5, 0.6) is 0 Å². The molecule has 1 N–H and O–H groups in total. The van der Waals surface area contributed by atoms with Gasteiger partial charge in [0.2, 0.25) is 0 Å². The van der Waals surface area contributed by atoms with Gasteiger partial charge >= 0.3 is 0 Å². The van der Waals surface area contributed by atoms with Crippen molar-refractivity contribution in [2.24, 2.45) is 5.41 Å². The van der Waals surface area contributed by atoms with Crippen LogP contribution in [0.25, 0.3) is 0 Å². The van der Waals surface area contributed by atoms with Gasteiger partial charge in [-0.15, -0.1) is 0 Å². The van der Waals surface area contributed by atoms with Gasteiger partial charge in [-0.2, -0.15) is 0 Å². The molecule has 2 aliphatic rings. The number of aliphatic hydroxyl groups is 1. The Hall–Kier alpha value is -0.0800. The van der Waals surface area contributed by atoms with Gasteiger partial charge in [-0.25, -0.2) is 0 Å². The summed E-state index contributed by atoms with van der Waals surface area (Å²) in [5.74, 6) is 0. The molecule has 2 nitrogen and oxygen atoms in total. The molecule has 0 amide bonds. The van der Waals surface area contributed by atoms with Crippen LogP contribution in [0.4, 0.5) is 0 Å². The second kappa shape index (κ2) is 1.95. The average molecular weight is 142 g/mol. The maximum Gasteiger partial charge on any atom is 0.0553 e. The van der Waals surface area contributed by atoms with Gasteiger partial charge < -0.3 is 9.84 Å². The number of rotatable bonds is 0. The first-order valence-corrected chi connectivity index (χ1v) is 4.00. The zero-order valence-electron chi connectivity index (χ0n) is 6.34. The lowest BCUT2D eigenvalue weighted by Crippen LogP contribution is -2.41. The van der Waals surface area contributed by atoms with E-state index in [0.29, 0.717) is 11.5 Å². The van der Waals surface area contributed by atoms with E-state index < -0.39 is 0 Å². The van der Waals surface area contributed by atoms with E-state index in [0.717, 1.165) is 25.9 Å². The predicted molar refractivity (Wildman–Crippen MR) is 37.7 cm³/mol. The number of aliphatic hydroxyl groups excluding tert-OH is 1. The SMILES string of the molecule is CC1CC2(CO1)CC(O)C2. The van der Waals surface area contributed by atoms with Crippen LogP contribution in [0.3, 0.4) is 0 Å². The van der Waals surface area contributed by atoms with Gasteiger partial charge in [-0.1, -0.05) is 0 Å². The molecule has 10 heavy (non-hydrogen) atoms. The summed E-state index contributed by atoms with van der Waals surface area (Å²) < 4.78 is 5.45. The maximum absolute atomic E-state index is 9.10. The topological polar surface area (TPSA) is 29.5 Å². The minimum atomic E-state index is -0.0334. The molecule has 58 valence electrons. The molecule has 1 atom stereocenters. The summed E-state index contributed by atoms with van der Waals surface area (Å²) in [5.41, 5.74) is 0.388. The zero-order valence-corrected chi connectivity index (χ0v) is 6.34. The van der Waals surface area contributed by atoms with Crippen LogP contribution in [0, 0.1) is 5.41 Å². The highest BCUT2D eigenvalue weighted by Gasteiger charge is 2.48. The van der Waals surface area contributed by atoms with Crippen molar-refractivity contribution < 1.29 is 9.84 Å². The second-order valence-electron chi connectivity index (χ2n) is 3.89. The first kappa shape index (κ1) is 6.62. The van der Waals surface area contributed by atoms with E-state index in [1.165, 1.54) is 0 Å². The van der Waals surface area contributed by atoms with E-state index in [2.05, 4.69) is 6.92 Å². The molecule has 1 unspecified atom stereocenters. The van der Waals surface area contributed by atoms with Crippen LogP contribution in [0.1, 0.15) is 26.2 Å². The molecule has 0 bridgehead atoms. The van der Waals surface area contributed by atoms with Crippen molar-refractivity contribution in [1.82, 2.24) is 0 Å². The minimum absolute atomic E-state index is 0.0334. The summed E-state index contributed by atoms with van der Waals surface area (Å²) >= 11 is 0. The smallest absolute Gasteiger partial charge is 0.0553 e. The number of ether oxygens (including phenoxy) is 1. The minimum Gasteiger partial charge on any atom is -0.393 e. The Balaban J connectivity index is 1.95. The summed E-state index contributed by atoms with van der Waals surface area (Å²) in [4.78, 5) is 0. The first-order chi connectivity index (χ1) is 4.70. The molecule has 1 spiro atoms. The van der Waals surface area contributed by atoms with Crippen molar-refractivity contribution >= 4 is 0 Å². The summed E-state index contributed by atoms with van der Waals surface area (Å²) in [6.07, 6.45) is 3.49. The quantitative estimate of drug-likeness (QED) is 0.545. The lowest BCUT2D eigenvalue weighted by atomic mass is 9.66. The van der Waals surface area contributed by atoms with Crippen molar-refractivity contribution in [3.63, 3.8) is 0 Å². The Bertz CT molecular complexity index is 133. The Morgan fingerprint density at radius 2 is 2.10 bits per heavy atom. The normalized spacial score (nSPS) is 53.4. The van der Waals surface area contributed by atoms with E-state index in [1.54, 1.807) is 0 Å². The lowest BCUT2D eigenvalue weighted by molar-refractivity contribution is -0.0364. The molecule has 1 aliphatic carbocycles. The average Bonchev–Trinajstić information content (AvgIpc) is 2.10. The Kier molecular flexibility index (Phi) is 1.29. The van der Waals surface area contributed by atoms with Crippen molar-refractivity contribution in [1.29, 1.82) is 0 Å². The van der Waals surface area contributed by atoms with Crippen molar-refractivity contribution in [2.45, 2.75) is 38.4 Å². The van der Waals surface area contributed by atoms with Gasteiger partial charge in [0.1, 0.15) is 0 Å². The standard InChI is InChI=1S/C8H14O2/c1-6-2-8(5-10-6)3-7(9)4-8/h6-7,9H,2-5H2,1H3.